The number of halogens is 1. The lowest BCUT2D eigenvalue weighted by Gasteiger charge is -2.35. The Balaban J connectivity index is 0. The molecular formula is C32H68BrN. The Kier molecular flexibility index (Phi) is 31.9. The first-order valence-electron chi connectivity index (χ1n) is 16.1. The molecule has 0 bridgehead atoms. The number of unbranched alkanes of at least 4 members (excludes halogenated alkanes) is 23. The van der Waals surface area contributed by atoms with Gasteiger partial charge in [0.2, 0.25) is 0 Å². The van der Waals surface area contributed by atoms with Crippen LogP contribution in [0.4, 0.5) is 0 Å². The van der Waals surface area contributed by atoms with Crippen molar-refractivity contribution in [1.82, 2.24) is 0 Å². The first kappa shape index (κ1) is 36.6. The van der Waals surface area contributed by atoms with E-state index in [4.69, 9.17) is 0 Å². The van der Waals surface area contributed by atoms with Crippen LogP contribution < -0.4 is 17.0 Å². The molecule has 0 heterocycles. The highest BCUT2D eigenvalue weighted by Crippen LogP contribution is 2.16. The number of hydrogen-bond donors (Lipinski definition) is 0. The van der Waals surface area contributed by atoms with Gasteiger partial charge < -0.3 is 21.5 Å². The van der Waals surface area contributed by atoms with Gasteiger partial charge in [-0.15, -0.1) is 0 Å². The molecule has 0 N–H and O–H groups in total. The zero-order valence-electron chi connectivity index (χ0n) is 24.6. The highest BCUT2D eigenvalue weighted by Gasteiger charge is 2.19. The van der Waals surface area contributed by atoms with Crippen molar-refractivity contribution in [2.75, 3.05) is 26.2 Å². The molecule has 0 aliphatic rings. The van der Waals surface area contributed by atoms with Crippen LogP contribution in [0.1, 0.15) is 182 Å². The maximum absolute atomic E-state index is 2.37. The lowest BCUT2D eigenvalue weighted by atomic mass is 10.0. The standard InChI is InChI=1S/C32H68N.BrH/c1-5-9-10-11-12-13-14-15-16-17-18-19-20-21-22-23-24-25-26-27-28-29-30-31-32-33(6-2,7-3)8-4;/h5-32H2,1-4H3;1H/q+1;/p-1. The molecule has 0 rings (SSSR count). The molecule has 34 heavy (non-hydrogen) atoms. The van der Waals surface area contributed by atoms with Crippen LogP contribution in [0.15, 0.2) is 0 Å². The first-order valence-corrected chi connectivity index (χ1v) is 16.1. The Morgan fingerprint density at radius 1 is 0.294 bits per heavy atom. The minimum atomic E-state index is 0. The fourth-order valence-electron chi connectivity index (χ4n) is 5.55. The predicted octanol–water partition coefficient (Wildman–Crippen LogP) is 8.25. The van der Waals surface area contributed by atoms with Crippen molar-refractivity contribution in [3.05, 3.63) is 0 Å². The summed E-state index contributed by atoms with van der Waals surface area (Å²) in [6.45, 7) is 14.7. The summed E-state index contributed by atoms with van der Waals surface area (Å²) in [5.41, 5.74) is 0. The molecule has 0 aliphatic heterocycles. The fraction of sp³-hybridized carbons (Fsp3) is 1.00. The van der Waals surface area contributed by atoms with E-state index in [1.54, 1.807) is 0 Å². The van der Waals surface area contributed by atoms with Crippen LogP contribution in [-0.4, -0.2) is 30.7 Å². The topological polar surface area (TPSA) is 0 Å². The average Bonchev–Trinajstić information content (AvgIpc) is 2.84. The molecule has 0 amide bonds. The average molecular weight is 547 g/mol. The second kappa shape index (κ2) is 29.7. The fourth-order valence-corrected chi connectivity index (χ4v) is 5.55. The van der Waals surface area contributed by atoms with Crippen LogP contribution in [0, 0.1) is 0 Å². The summed E-state index contributed by atoms with van der Waals surface area (Å²) in [5, 5.41) is 0. The van der Waals surface area contributed by atoms with E-state index < -0.39 is 0 Å². The SMILES string of the molecule is CCCCCCCCCCCCCCCCCCCCCCCCCC[N+](CC)(CC)CC.[Br-]. The zero-order chi connectivity index (χ0) is 24.3. The monoisotopic (exact) mass is 545 g/mol. The Morgan fingerprint density at radius 3 is 0.706 bits per heavy atom. The third-order valence-electron chi connectivity index (χ3n) is 8.50. The first-order chi connectivity index (χ1) is 16.2. The Hall–Kier alpha value is 0.440. The predicted molar refractivity (Wildman–Crippen MR) is 153 cm³/mol. The summed E-state index contributed by atoms with van der Waals surface area (Å²) >= 11 is 0. The van der Waals surface area contributed by atoms with E-state index >= 15 is 0 Å². The van der Waals surface area contributed by atoms with Crippen molar-refractivity contribution in [2.45, 2.75) is 182 Å². The second-order valence-corrected chi connectivity index (χ2v) is 11.1. The lowest BCUT2D eigenvalue weighted by Crippen LogP contribution is -3.00. The summed E-state index contributed by atoms with van der Waals surface area (Å²) in [6, 6.07) is 0. The minimum absolute atomic E-state index is 0. The van der Waals surface area contributed by atoms with Crippen LogP contribution in [0.3, 0.4) is 0 Å². The molecule has 0 aromatic rings. The van der Waals surface area contributed by atoms with Crippen LogP contribution >= 0.6 is 0 Å². The van der Waals surface area contributed by atoms with E-state index in [1.807, 2.05) is 0 Å². The third-order valence-corrected chi connectivity index (χ3v) is 8.50. The van der Waals surface area contributed by atoms with Gasteiger partial charge in [0.25, 0.3) is 0 Å². The molecule has 2 heteroatoms. The molecule has 0 saturated heterocycles. The van der Waals surface area contributed by atoms with Gasteiger partial charge in [0.1, 0.15) is 0 Å². The van der Waals surface area contributed by atoms with Gasteiger partial charge in [0.15, 0.2) is 0 Å². The highest BCUT2D eigenvalue weighted by molar-refractivity contribution is 4.52. The van der Waals surface area contributed by atoms with Crippen LogP contribution in [-0.2, 0) is 0 Å². The van der Waals surface area contributed by atoms with Crippen LogP contribution in [0.5, 0.6) is 0 Å². The molecule has 1 nitrogen and oxygen atoms in total. The maximum atomic E-state index is 2.37. The van der Waals surface area contributed by atoms with Crippen molar-refractivity contribution in [3.63, 3.8) is 0 Å². The van der Waals surface area contributed by atoms with Crippen LogP contribution in [0.2, 0.25) is 0 Å². The normalized spacial score (nSPS) is 11.6. The van der Waals surface area contributed by atoms with Gasteiger partial charge in [-0.3, -0.25) is 0 Å². The summed E-state index contributed by atoms with van der Waals surface area (Å²) in [6.07, 6.45) is 35.4. The third kappa shape index (κ3) is 24.1. The van der Waals surface area contributed by atoms with Crippen LogP contribution in [0.25, 0.3) is 0 Å². The Bertz CT molecular complexity index is 345. The van der Waals surface area contributed by atoms with Crippen molar-refractivity contribution in [1.29, 1.82) is 0 Å². The molecule has 0 atom stereocenters. The van der Waals surface area contributed by atoms with Crippen molar-refractivity contribution in [3.8, 4) is 0 Å². The molecule has 0 unspecified atom stereocenters. The van der Waals surface area contributed by atoms with E-state index in [-0.39, 0.29) is 17.0 Å². The van der Waals surface area contributed by atoms with Gasteiger partial charge in [-0.25, -0.2) is 0 Å². The van der Waals surface area contributed by atoms with E-state index in [2.05, 4.69) is 27.7 Å². The molecule has 0 radical (unpaired) electrons. The van der Waals surface area contributed by atoms with Crippen molar-refractivity contribution < 1.29 is 21.5 Å². The highest BCUT2D eigenvalue weighted by atomic mass is 79.9. The van der Waals surface area contributed by atoms with Gasteiger partial charge in [-0.05, 0) is 33.6 Å². The molecule has 0 aromatic heterocycles. The summed E-state index contributed by atoms with van der Waals surface area (Å²) in [7, 11) is 0. The van der Waals surface area contributed by atoms with E-state index in [0.717, 1.165) is 0 Å². The van der Waals surface area contributed by atoms with E-state index in [1.165, 1.54) is 185 Å². The quantitative estimate of drug-likeness (QED) is 0.0685. The minimum Gasteiger partial charge on any atom is -1.00 e. The number of rotatable bonds is 28. The number of hydrogen-bond acceptors (Lipinski definition) is 0. The summed E-state index contributed by atoms with van der Waals surface area (Å²) < 4.78 is 1.33. The van der Waals surface area contributed by atoms with E-state index in [0.29, 0.717) is 0 Å². The molecule has 0 spiro atoms. The van der Waals surface area contributed by atoms with Gasteiger partial charge >= 0.3 is 0 Å². The molecule has 0 saturated carbocycles. The molecule has 0 aliphatic carbocycles. The van der Waals surface area contributed by atoms with Crippen molar-refractivity contribution in [2.24, 2.45) is 0 Å². The molecule has 208 valence electrons. The molecule has 0 aromatic carbocycles. The smallest absolute Gasteiger partial charge is 0.0786 e. The van der Waals surface area contributed by atoms with Gasteiger partial charge in [0, 0.05) is 0 Å². The second-order valence-electron chi connectivity index (χ2n) is 11.1. The zero-order valence-corrected chi connectivity index (χ0v) is 26.2. The lowest BCUT2D eigenvalue weighted by molar-refractivity contribution is -0.923. The molecule has 0 fully saturated rings. The number of nitrogens with zero attached hydrogens (tertiary/aromatic N) is 1. The maximum Gasteiger partial charge on any atom is 0.0786 e. The summed E-state index contributed by atoms with van der Waals surface area (Å²) in [5.74, 6) is 0. The number of quaternary nitrogens is 1. The van der Waals surface area contributed by atoms with Gasteiger partial charge in [-0.2, -0.15) is 0 Å². The van der Waals surface area contributed by atoms with Gasteiger partial charge in [0.05, 0.1) is 26.2 Å². The molecular weight excluding hydrogens is 478 g/mol. The largest absolute Gasteiger partial charge is 1.00 e. The van der Waals surface area contributed by atoms with E-state index in [9.17, 15) is 0 Å². The Morgan fingerprint density at radius 2 is 0.500 bits per heavy atom. The Labute approximate surface area is 229 Å². The van der Waals surface area contributed by atoms with Gasteiger partial charge in [-0.1, -0.05) is 148 Å². The summed E-state index contributed by atoms with van der Waals surface area (Å²) in [4.78, 5) is 0. The van der Waals surface area contributed by atoms with Crippen molar-refractivity contribution >= 4 is 0 Å².